The number of ether oxygens (including phenoxy) is 1. The Balaban J connectivity index is 1.95. The van der Waals surface area contributed by atoms with Crippen LogP contribution in [0.4, 0.5) is 10.5 Å². The molecule has 1 aliphatic heterocycles. The molecule has 0 saturated carbocycles. The Bertz CT molecular complexity index is 971. The molecular formula is C19H27N5O4. The van der Waals surface area contributed by atoms with Gasteiger partial charge < -0.3 is 14.5 Å². The van der Waals surface area contributed by atoms with E-state index in [1.54, 1.807) is 16.5 Å². The van der Waals surface area contributed by atoms with E-state index in [0.717, 1.165) is 0 Å². The molecule has 9 heteroatoms. The van der Waals surface area contributed by atoms with Crippen LogP contribution in [-0.2, 0) is 11.8 Å². The molecule has 3 heterocycles. The average Bonchev–Trinajstić information content (AvgIpc) is 3.03. The molecule has 0 bridgehead atoms. The summed E-state index contributed by atoms with van der Waals surface area (Å²) in [6.07, 6.45) is 1.86. The van der Waals surface area contributed by atoms with Crippen molar-refractivity contribution in [2.24, 2.45) is 7.05 Å². The molecule has 0 unspecified atom stereocenters. The van der Waals surface area contributed by atoms with Crippen LogP contribution in [0.5, 0.6) is 0 Å². The summed E-state index contributed by atoms with van der Waals surface area (Å²) in [7, 11) is 1.63. The standard InChI is InChI=1S/C19H27N5O4/c1-12-9-23(18(27)28-19(3,4)5)13(2)8-22(12)15-7-16(26)21(6)24-10-14(11-25)20-17(15)24/h7,10-13H,8-9H2,1-6H3/t12-,13+/m0/s1. The number of imidazole rings is 1. The van der Waals surface area contributed by atoms with E-state index in [2.05, 4.69) is 9.88 Å². The maximum absolute atomic E-state index is 12.5. The van der Waals surface area contributed by atoms with Crippen molar-refractivity contribution in [1.82, 2.24) is 19.1 Å². The first-order chi connectivity index (χ1) is 13.0. The molecule has 2 aromatic heterocycles. The number of aromatic nitrogens is 3. The number of carbonyl (C=O) groups is 2. The van der Waals surface area contributed by atoms with Gasteiger partial charge in [0, 0.05) is 38.3 Å². The first-order valence-electron chi connectivity index (χ1n) is 9.32. The molecular weight excluding hydrogens is 362 g/mol. The van der Waals surface area contributed by atoms with E-state index in [0.29, 0.717) is 30.7 Å². The summed E-state index contributed by atoms with van der Waals surface area (Å²) in [5.41, 5.74) is 0.687. The molecule has 2 aromatic rings. The van der Waals surface area contributed by atoms with Crippen molar-refractivity contribution in [2.45, 2.75) is 52.3 Å². The smallest absolute Gasteiger partial charge is 0.410 e. The molecule has 0 aromatic carbocycles. The Morgan fingerprint density at radius 1 is 1.25 bits per heavy atom. The Labute approximate surface area is 163 Å². The summed E-state index contributed by atoms with van der Waals surface area (Å²) in [4.78, 5) is 44.3. The molecule has 1 amide bonds. The van der Waals surface area contributed by atoms with Crippen LogP contribution >= 0.6 is 0 Å². The van der Waals surface area contributed by atoms with E-state index in [1.807, 2.05) is 34.6 Å². The minimum atomic E-state index is -0.559. The second kappa shape index (κ2) is 6.96. The van der Waals surface area contributed by atoms with Gasteiger partial charge in [-0.25, -0.2) is 19.0 Å². The molecule has 0 aliphatic carbocycles. The summed E-state index contributed by atoms with van der Waals surface area (Å²) in [5.74, 6) is 0. The lowest BCUT2D eigenvalue weighted by atomic mass is 10.1. The van der Waals surface area contributed by atoms with E-state index >= 15 is 0 Å². The molecule has 9 nitrogen and oxygen atoms in total. The molecule has 3 rings (SSSR count). The molecule has 0 radical (unpaired) electrons. The number of carbonyl (C=O) groups excluding carboxylic acids is 2. The van der Waals surface area contributed by atoms with Crippen molar-refractivity contribution in [3.05, 3.63) is 28.3 Å². The number of anilines is 1. The summed E-state index contributed by atoms with van der Waals surface area (Å²) >= 11 is 0. The van der Waals surface area contributed by atoms with Crippen molar-refractivity contribution in [1.29, 1.82) is 0 Å². The van der Waals surface area contributed by atoms with Gasteiger partial charge in [-0.3, -0.25) is 9.59 Å². The minimum absolute atomic E-state index is 0.0593. The van der Waals surface area contributed by atoms with E-state index < -0.39 is 5.60 Å². The number of aldehydes is 1. The third kappa shape index (κ3) is 3.61. The fourth-order valence-electron chi connectivity index (χ4n) is 3.48. The molecule has 1 saturated heterocycles. The van der Waals surface area contributed by atoms with Crippen LogP contribution in [0.25, 0.3) is 5.65 Å². The summed E-state index contributed by atoms with van der Waals surface area (Å²) in [5, 5.41) is 0. The van der Waals surface area contributed by atoms with E-state index in [1.165, 1.54) is 16.9 Å². The lowest BCUT2D eigenvalue weighted by molar-refractivity contribution is 0.0130. The van der Waals surface area contributed by atoms with Gasteiger partial charge in [-0.2, -0.15) is 0 Å². The van der Waals surface area contributed by atoms with E-state index in [-0.39, 0.29) is 29.4 Å². The number of nitrogens with zero attached hydrogens (tertiary/aromatic N) is 5. The molecule has 152 valence electrons. The van der Waals surface area contributed by atoms with Crippen LogP contribution in [0.2, 0.25) is 0 Å². The molecule has 1 aliphatic rings. The molecule has 1 fully saturated rings. The van der Waals surface area contributed by atoms with Gasteiger partial charge in [0.1, 0.15) is 11.3 Å². The summed E-state index contributed by atoms with van der Waals surface area (Å²) < 4.78 is 8.51. The van der Waals surface area contributed by atoms with E-state index in [4.69, 9.17) is 4.74 Å². The fourth-order valence-corrected chi connectivity index (χ4v) is 3.48. The third-order valence-electron chi connectivity index (χ3n) is 4.88. The van der Waals surface area contributed by atoms with Crippen LogP contribution in [-0.4, -0.2) is 62.2 Å². The highest BCUT2D eigenvalue weighted by Crippen LogP contribution is 2.27. The van der Waals surface area contributed by atoms with Crippen LogP contribution in [0.1, 0.15) is 45.1 Å². The van der Waals surface area contributed by atoms with Crippen molar-refractivity contribution < 1.29 is 14.3 Å². The largest absolute Gasteiger partial charge is 0.444 e. The third-order valence-corrected chi connectivity index (χ3v) is 4.88. The number of rotatable bonds is 2. The zero-order chi connectivity index (χ0) is 20.8. The number of aryl methyl sites for hydroxylation is 1. The normalized spacial score (nSPS) is 20.5. The highest BCUT2D eigenvalue weighted by molar-refractivity contribution is 5.77. The van der Waals surface area contributed by atoms with E-state index in [9.17, 15) is 14.4 Å². The first kappa shape index (κ1) is 19.9. The maximum Gasteiger partial charge on any atom is 0.410 e. The van der Waals surface area contributed by atoms with Gasteiger partial charge in [0.05, 0.1) is 11.9 Å². The molecule has 0 spiro atoms. The zero-order valence-corrected chi connectivity index (χ0v) is 17.2. The first-order valence-corrected chi connectivity index (χ1v) is 9.32. The van der Waals surface area contributed by atoms with Crippen molar-refractivity contribution >= 4 is 23.7 Å². The number of amides is 1. The van der Waals surface area contributed by atoms with Crippen LogP contribution in [0.3, 0.4) is 0 Å². The predicted octanol–water partition coefficient (Wildman–Crippen LogP) is 1.68. The lowest BCUT2D eigenvalue weighted by Crippen LogP contribution is -2.59. The van der Waals surface area contributed by atoms with Gasteiger partial charge in [-0.05, 0) is 34.6 Å². The SMILES string of the molecule is C[C@@H]1CN(c2cc(=O)n(C)n3cc(C=O)nc23)[C@@H](C)CN1C(=O)OC(C)(C)C. The van der Waals surface area contributed by atoms with Gasteiger partial charge >= 0.3 is 6.09 Å². The topological polar surface area (TPSA) is 89.2 Å². The second-order valence-electron chi connectivity index (χ2n) is 8.33. The highest BCUT2D eigenvalue weighted by Gasteiger charge is 2.35. The van der Waals surface area contributed by atoms with Gasteiger partial charge in [-0.15, -0.1) is 0 Å². The van der Waals surface area contributed by atoms with Gasteiger partial charge in [-0.1, -0.05) is 0 Å². The molecule has 2 atom stereocenters. The predicted molar refractivity (Wildman–Crippen MR) is 105 cm³/mol. The Morgan fingerprint density at radius 2 is 1.93 bits per heavy atom. The zero-order valence-electron chi connectivity index (χ0n) is 17.2. The van der Waals surface area contributed by atoms with Crippen LogP contribution < -0.4 is 10.5 Å². The van der Waals surface area contributed by atoms with Gasteiger partial charge in [0.2, 0.25) is 0 Å². The molecule has 0 N–H and O–H groups in total. The Morgan fingerprint density at radius 3 is 2.54 bits per heavy atom. The quantitative estimate of drug-likeness (QED) is 0.726. The van der Waals surface area contributed by atoms with Gasteiger partial charge in [0.15, 0.2) is 11.9 Å². The lowest BCUT2D eigenvalue weighted by Gasteiger charge is -2.45. The number of fused-ring (bicyclic) bond motifs is 1. The van der Waals surface area contributed by atoms with Crippen LogP contribution in [0.15, 0.2) is 17.1 Å². The molecule has 28 heavy (non-hydrogen) atoms. The number of hydrogen-bond donors (Lipinski definition) is 0. The minimum Gasteiger partial charge on any atom is -0.444 e. The number of hydrogen-bond acceptors (Lipinski definition) is 6. The van der Waals surface area contributed by atoms with Crippen molar-refractivity contribution in [3.63, 3.8) is 0 Å². The average molecular weight is 389 g/mol. The second-order valence-corrected chi connectivity index (χ2v) is 8.33. The highest BCUT2D eigenvalue weighted by atomic mass is 16.6. The fraction of sp³-hybridized carbons (Fsp3) is 0.579. The van der Waals surface area contributed by atoms with Crippen LogP contribution in [0, 0.1) is 0 Å². The monoisotopic (exact) mass is 389 g/mol. The van der Waals surface area contributed by atoms with Crippen molar-refractivity contribution in [2.75, 3.05) is 18.0 Å². The van der Waals surface area contributed by atoms with Crippen molar-refractivity contribution in [3.8, 4) is 0 Å². The Hall–Kier alpha value is -2.84. The number of piperazine rings is 1. The summed E-state index contributed by atoms with van der Waals surface area (Å²) in [6.45, 7) is 10.4. The maximum atomic E-state index is 12.5. The van der Waals surface area contributed by atoms with Gasteiger partial charge in [0.25, 0.3) is 5.56 Å². The Kier molecular flexibility index (Phi) is 4.95. The summed E-state index contributed by atoms with van der Waals surface area (Å²) in [6, 6.07) is 1.36.